The Kier molecular flexibility index (Phi) is 6.35. The molecule has 1 saturated heterocycles. The molecule has 3 aromatic rings. The number of carbonyl (C=O) groups excluding carboxylic acids is 3. The summed E-state index contributed by atoms with van der Waals surface area (Å²) in [5.41, 5.74) is 1.45. The second-order valence-corrected chi connectivity index (χ2v) is 7.55. The van der Waals surface area contributed by atoms with E-state index < -0.39 is 29.7 Å². The van der Waals surface area contributed by atoms with Gasteiger partial charge in [0, 0.05) is 12.2 Å². The lowest BCUT2D eigenvalue weighted by Crippen LogP contribution is -2.37. The van der Waals surface area contributed by atoms with Crippen LogP contribution in [0.1, 0.15) is 12.0 Å². The Bertz CT molecular complexity index is 1190. The van der Waals surface area contributed by atoms with Gasteiger partial charge in [0.25, 0.3) is 5.91 Å². The molecule has 3 aromatic carbocycles. The van der Waals surface area contributed by atoms with E-state index in [1.54, 1.807) is 61.7 Å². The van der Waals surface area contributed by atoms with Crippen LogP contribution >= 0.6 is 0 Å². The maximum absolute atomic E-state index is 13.5. The molecule has 8 heteroatoms. The molecule has 1 unspecified atom stereocenters. The summed E-state index contributed by atoms with van der Waals surface area (Å²) in [5, 5.41) is 2.59. The number of nitrogens with zero attached hydrogens (tertiary/aromatic N) is 2. The molecule has 0 saturated carbocycles. The summed E-state index contributed by atoms with van der Waals surface area (Å²) < 4.78 is 18.7. The number of methoxy groups -OCH3 is 1. The first-order valence-corrected chi connectivity index (χ1v) is 10.3. The third kappa shape index (κ3) is 4.85. The molecule has 0 aromatic heterocycles. The number of anilines is 2. The van der Waals surface area contributed by atoms with Gasteiger partial charge < -0.3 is 15.0 Å². The van der Waals surface area contributed by atoms with Crippen molar-refractivity contribution in [3.05, 3.63) is 90.2 Å². The van der Waals surface area contributed by atoms with E-state index in [2.05, 4.69) is 5.32 Å². The third-order valence-electron chi connectivity index (χ3n) is 5.31. The Morgan fingerprint density at radius 1 is 1.00 bits per heavy atom. The largest absolute Gasteiger partial charge is 0.497 e. The van der Waals surface area contributed by atoms with E-state index >= 15 is 0 Å². The zero-order valence-electron chi connectivity index (χ0n) is 17.9. The van der Waals surface area contributed by atoms with Crippen molar-refractivity contribution >= 4 is 29.2 Å². The van der Waals surface area contributed by atoms with E-state index in [-0.39, 0.29) is 18.7 Å². The van der Waals surface area contributed by atoms with Crippen molar-refractivity contribution < 1.29 is 23.5 Å². The summed E-state index contributed by atoms with van der Waals surface area (Å²) in [6, 6.07) is 19.7. The highest BCUT2D eigenvalue weighted by atomic mass is 19.1. The first-order chi connectivity index (χ1) is 16.0. The van der Waals surface area contributed by atoms with Crippen molar-refractivity contribution in [3.8, 4) is 5.75 Å². The van der Waals surface area contributed by atoms with Crippen molar-refractivity contribution in [2.75, 3.05) is 17.3 Å². The Morgan fingerprint density at radius 2 is 1.76 bits per heavy atom. The summed E-state index contributed by atoms with van der Waals surface area (Å²) in [6.45, 7) is 0.114. The lowest BCUT2D eigenvalue weighted by Gasteiger charge is -2.22. The van der Waals surface area contributed by atoms with Crippen LogP contribution in [0.3, 0.4) is 0 Å². The molecule has 0 bridgehead atoms. The molecule has 0 aliphatic carbocycles. The fourth-order valence-electron chi connectivity index (χ4n) is 3.75. The zero-order chi connectivity index (χ0) is 23.4. The first kappa shape index (κ1) is 22.0. The molecular weight excluding hydrogens is 425 g/mol. The van der Waals surface area contributed by atoms with Gasteiger partial charge in [-0.25, -0.2) is 14.1 Å². The zero-order valence-corrected chi connectivity index (χ0v) is 17.9. The summed E-state index contributed by atoms with van der Waals surface area (Å²) in [7, 11) is 1.54. The van der Waals surface area contributed by atoms with Gasteiger partial charge in [0.2, 0.25) is 5.91 Å². The number of hydrogen-bond donors (Lipinski definition) is 1. The molecule has 168 valence electrons. The van der Waals surface area contributed by atoms with Crippen LogP contribution in [0.4, 0.5) is 20.6 Å². The second-order valence-electron chi connectivity index (χ2n) is 7.55. The molecule has 7 nitrogen and oxygen atoms in total. The SMILES string of the molecule is COc1cccc(CN2C(=O)N(c3ccccc3)C(=O)C2CC(=O)Nc2cccc(F)c2)c1. The number of benzene rings is 3. The minimum absolute atomic E-state index is 0.114. The smallest absolute Gasteiger partial charge is 0.332 e. The molecule has 1 N–H and O–H groups in total. The van der Waals surface area contributed by atoms with Crippen LogP contribution in [-0.2, 0) is 16.1 Å². The fourth-order valence-corrected chi connectivity index (χ4v) is 3.75. The van der Waals surface area contributed by atoms with Crippen molar-refractivity contribution in [2.24, 2.45) is 0 Å². The minimum Gasteiger partial charge on any atom is -0.497 e. The van der Waals surface area contributed by atoms with Crippen molar-refractivity contribution in [3.63, 3.8) is 0 Å². The normalized spacial score (nSPS) is 15.6. The maximum atomic E-state index is 13.5. The predicted molar refractivity (Wildman–Crippen MR) is 121 cm³/mol. The monoisotopic (exact) mass is 447 g/mol. The van der Waals surface area contributed by atoms with Crippen LogP contribution in [0, 0.1) is 5.82 Å². The summed E-state index contributed by atoms with van der Waals surface area (Å²) in [5.74, 6) is -0.874. The standard InChI is InChI=1S/C25H22FN3O4/c1-33-21-12-5-7-17(13-21)16-28-22(15-23(30)27-19-9-6-8-18(26)14-19)24(31)29(25(28)32)20-10-3-2-4-11-20/h2-14,22H,15-16H2,1H3,(H,27,30). The van der Waals surface area contributed by atoms with Gasteiger partial charge in [-0.2, -0.15) is 0 Å². The molecule has 0 spiro atoms. The number of para-hydroxylation sites is 1. The molecule has 0 radical (unpaired) electrons. The first-order valence-electron chi connectivity index (χ1n) is 10.3. The van der Waals surface area contributed by atoms with E-state index in [1.807, 2.05) is 6.07 Å². The van der Waals surface area contributed by atoms with Gasteiger partial charge in [0.15, 0.2) is 0 Å². The number of amides is 4. The van der Waals surface area contributed by atoms with E-state index in [0.717, 1.165) is 10.5 Å². The van der Waals surface area contributed by atoms with Crippen LogP contribution in [0.15, 0.2) is 78.9 Å². The van der Waals surface area contributed by atoms with Crippen LogP contribution in [0.5, 0.6) is 5.75 Å². The van der Waals surface area contributed by atoms with Crippen LogP contribution in [0.25, 0.3) is 0 Å². The Balaban J connectivity index is 1.60. The van der Waals surface area contributed by atoms with Crippen LogP contribution < -0.4 is 15.0 Å². The molecule has 1 aliphatic heterocycles. The van der Waals surface area contributed by atoms with Gasteiger partial charge in [0.05, 0.1) is 19.2 Å². The van der Waals surface area contributed by atoms with E-state index in [4.69, 9.17) is 4.74 Å². The molecule has 4 amide bonds. The average molecular weight is 447 g/mol. The maximum Gasteiger partial charge on any atom is 0.332 e. The van der Waals surface area contributed by atoms with Crippen molar-refractivity contribution in [2.45, 2.75) is 19.0 Å². The average Bonchev–Trinajstić information content (AvgIpc) is 3.03. The summed E-state index contributed by atoms with van der Waals surface area (Å²) in [4.78, 5) is 41.7. The molecule has 1 aliphatic rings. The summed E-state index contributed by atoms with van der Waals surface area (Å²) in [6.07, 6.45) is -0.269. The van der Waals surface area contributed by atoms with E-state index in [1.165, 1.54) is 23.1 Å². The van der Waals surface area contributed by atoms with Crippen LogP contribution in [-0.4, -0.2) is 35.9 Å². The number of imide groups is 1. The number of halogens is 1. The van der Waals surface area contributed by atoms with Gasteiger partial charge in [-0.15, -0.1) is 0 Å². The molecule has 33 heavy (non-hydrogen) atoms. The minimum atomic E-state index is -1.02. The molecule has 1 heterocycles. The Hall–Kier alpha value is -4.20. The van der Waals surface area contributed by atoms with Gasteiger partial charge in [-0.3, -0.25) is 9.59 Å². The topological polar surface area (TPSA) is 79.0 Å². The molecule has 1 atom stereocenters. The highest BCUT2D eigenvalue weighted by molar-refractivity contribution is 6.22. The van der Waals surface area contributed by atoms with E-state index in [0.29, 0.717) is 11.4 Å². The van der Waals surface area contributed by atoms with Crippen molar-refractivity contribution in [1.82, 2.24) is 4.90 Å². The highest BCUT2D eigenvalue weighted by Crippen LogP contribution is 2.29. The number of urea groups is 1. The third-order valence-corrected chi connectivity index (χ3v) is 5.31. The fraction of sp³-hybridized carbons (Fsp3) is 0.160. The quantitative estimate of drug-likeness (QED) is 0.551. The van der Waals surface area contributed by atoms with Crippen molar-refractivity contribution in [1.29, 1.82) is 0 Å². The number of hydrogen-bond acceptors (Lipinski definition) is 4. The number of ether oxygens (including phenoxy) is 1. The molecule has 1 fully saturated rings. The van der Waals surface area contributed by atoms with Gasteiger partial charge in [-0.1, -0.05) is 36.4 Å². The van der Waals surface area contributed by atoms with Gasteiger partial charge >= 0.3 is 6.03 Å². The van der Waals surface area contributed by atoms with Crippen LogP contribution in [0.2, 0.25) is 0 Å². The second kappa shape index (κ2) is 9.52. The van der Waals surface area contributed by atoms with E-state index in [9.17, 15) is 18.8 Å². The lowest BCUT2D eigenvalue weighted by atomic mass is 10.1. The van der Waals surface area contributed by atoms with Gasteiger partial charge in [-0.05, 0) is 48.0 Å². The number of rotatable bonds is 7. The summed E-state index contributed by atoms with van der Waals surface area (Å²) >= 11 is 0. The molecule has 4 rings (SSSR count). The predicted octanol–water partition coefficient (Wildman–Crippen LogP) is 4.20. The Labute approximate surface area is 190 Å². The van der Waals surface area contributed by atoms with Gasteiger partial charge in [0.1, 0.15) is 17.6 Å². The Morgan fingerprint density at radius 3 is 2.48 bits per heavy atom. The lowest BCUT2D eigenvalue weighted by molar-refractivity contribution is -0.124. The number of nitrogens with one attached hydrogen (secondary N) is 1. The molecular formula is C25H22FN3O4. The number of carbonyl (C=O) groups is 3. The highest BCUT2D eigenvalue weighted by Gasteiger charge is 2.46.